The van der Waals surface area contributed by atoms with Crippen LogP contribution in [0.3, 0.4) is 0 Å². The van der Waals surface area contributed by atoms with Crippen molar-refractivity contribution in [1.29, 1.82) is 0 Å². The maximum atomic E-state index is 10.5. The van der Waals surface area contributed by atoms with E-state index in [0.29, 0.717) is 5.02 Å². The highest BCUT2D eigenvalue weighted by Crippen LogP contribution is 2.29. The second-order valence-electron chi connectivity index (χ2n) is 4.44. The smallest absolute Gasteiger partial charge is 0.104 e. The summed E-state index contributed by atoms with van der Waals surface area (Å²) in [5.41, 5.74) is 4.00. The van der Waals surface area contributed by atoms with E-state index in [1.807, 2.05) is 50.2 Å². The van der Waals surface area contributed by atoms with E-state index in [2.05, 4.69) is 22.6 Å². The third-order valence-corrected chi connectivity index (χ3v) is 4.56. The molecule has 2 rings (SSSR count). The zero-order chi connectivity index (χ0) is 13.3. The van der Waals surface area contributed by atoms with Gasteiger partial charge in [-0.05, 0) is 65.3 Å². The molecule has 1 nitrogen and oxygen atoms in total. The first kappa shape index (κ1) is 13.8. The fourth-order valence-corrected chi connectivity index (χ4v) is 2.44. The molecule has 0 bridgehead atoms. The highest BCUT2D eigenvalue weighted by molar-refractivity contribution is 14.1. The van der Waals surface area contributed by atoms with Gasteiger partial charge in [-0.2, -0.15) is 0 Å². The summed E-state index contributed by atoms with van der Waals surface area (Å²) in [6.07, 6.45) is -0.626. The van der Waals surface area contributed by atoms with E-state index >= 15 is 0 Å². The Hall–Kier alpha value is -0.580. The number of halogens is 2. The molecule has 0 radical (unpaired) electrons. The molecule has 0 heterocycles. The molecule has 0 amide bonds. The topological polar surface area (TPSA) is 20.2 Å². The summed E-state index contributed by atoms with van der Waals surface area (Å²) >= 11 is 8.28. The molecule has 2 aromatic rings. The van der Waals surface area contributed by atoms with Crippen LogP contribution in [0.1, 0.15) is 28.4 Å². The molecule has 3 heteroatoms. The van der Waals surface area contributed by atoms with Gasteiger partial charge in [0.15, 0.2) is 0 Å². The molecule has 0 spiro atoms. The Morgan fingerprint density at radius 1 is 1.11 bits per heavy atom. The van der Waals surface area contributed by atoms with Gasteiger partial charge in [-0.1, -0.05) is 41.4 Å². The number of aryl methyl sites for hydroxylation is 2. The molecule has 0 saturated heterocycles. The Kier molecular flexibility index (Phi) is 4.30. The minimum Gasteiger partial charge on any atom is -0.384 e. The molecule has 0 fully saturated rings. The van der Waals surface area contributed by atoms with E-state index in [4.69, 9.17) is 11.6 Å². The number of benzene rings is 2. The first-order valence-corrected chi connectivity index (χ1v) is 7.15. The lowest BCUT2D eigenvalue weighted by atomic mass is 9.96. The number of aliphatic hydroxyl groups is 1. The fourth-order valence-electron chi connectivity index (χ4n) is 1.92. The highest BCUT2D eigenvalue weighted by atomic mass is 127. The predicted octanol–water partition coefficient (Wildman–Crippen LogP) is 4.64. The average Bonchev–Trinajstić information content (AvgIpc) is 2.35. The van der Waals surface area contributed by atoms with Gasteiger partial charge >= 0.3 is 0 Å². The monoisotopic (exact) mass is 372 g/mol. The van der Waals surface area contributed by atoms with Crippen molar-refractivity contribution < 1.29 is 5.11 Å². The Morgan fingerprint density at radius 3 is 2.50 bits per heavy atom. The van der Waals surface area contributed by atoms with Crippen LogP contribution in [0.2, 0.25) is 5.02 Å². The van der Waals surface area contributed by atoms with Crippen LogP contribution in [0.5, 0.6) is 0 Å². The van der Waals surface area contributed by atoms with Crippen molar-refractivity contribution in [3.8, 4) is 0 Å². The van der Waals surface area contributed by atoms with Crippen LogP contribution < -0.4 is 0 Å². The third-order valence-electron chi connectivity index (χ3n) is 2.99. The van der Waals surface area contributed by atoms with E-state index < -0.39 is 6.10 Å². The lowest BCUT2D eigenvalue weighted by Gasteiger charge is -2.15. The van der Waals surface area contributed by atoms with Gasteiger partial charge in [0.05, 0.1) is 5.02 Å². The lowest BCUT2D eigenvalue weighted by molar-refractivity contribution is 0.219. The van der Waals surface area contributed by atoms with Crippen LogP contribution >= 0.6 is 34.2 Å². The molecule has 0 saturated carbocycles. The van der Waals surface area contributed by atoms with Crippen molar-refractivity contribution in [3.05, 3.63) is 67.2 Å². The second kappa shape index (κ2) is 5.59. The maximum absolute atomic E-state index is 10.5. The highest BCUT2D eigenvalue weighted by Gasteiger charge is 2.14. The van der Waals surface area contributed by atoms with Crippen molar-refractivity contribution in [2.45, 2.75) is 20.0 Å². The van der Waals surface area contributed by atoms with Gasteiger partial charge in [0, 0.05) is 3.57 Å². The average molecular weight is 373 g/mol. The van der Waals surface area contributed by atoms with Crippen molar-refractivity contribution in [2.24, 2.45) is 0 Å². The third kappa shape index (κ3) is 2.87. The van der Waals surface area contributed by atoms with Gasteiger partial charge in [-0.25, -0.2) is 0 Å². The summed E-state index contributed by atoms with van der Waals surface area (Å²) in [5.74, 6) is 0. The molecule has 0 aromatic heterocycles. The normalized spacial score (nSPS) is 12.5. The fraction of sp³-hybridized carbons (Fsp3) is 0.200. The van der Waals surface area contributed by atoms with E-state index in [9.17, 15) is 5.11 Å². The minimum absolute atomic E-state index is 0.626. The molecular weight excluding hydrogens is 359 g/mol. The van der Waals surface area contributed by atoms with Crippen molar-refractivity contribution in [1.82, 2.24) is 0 Å². The Morgan fingerprint density at radius 2 is 1.83 bits per heavy atom. The van der Waals surface area contributed by atoms with E-state index in [-0.39, 0.29) is 0 Å². The summed E-state index contributed by atoms with van der Waals surface area (Å²) in [4.78, 5) is 0. The van der Waals surface area contributed by atoms with Gasteiger partial charge in [0.1, 0.15) is 6.10 Å². The molecule has 2 aromatic carbocycles. The van der Waals surface area contributed by atoms with Crippen LogP contribution in [0.25, 0.3) is 0 Å². The summed E-state index contributed by atoms with van der Waals surface area (Å²) < 4.78 is 0.992. The summed E-state index contributed by atoms with van der Waals surface area (Å²) in [5, 5.41) is 11.1. The van der Waals surface area contributed by atoms with Crippen LogP contribution in [-0.2, 0) is 0 Å². The van der Waals surface area contributed by atoms with Crippen LogP contribution in [-0.4, -0.2) is 5.11 Å². The van der Waals surface area contributed by atoms with Gasteiger partial charge in [0.2, 0.25) is 0 Å². The predicted molar refractivity (Wildman–Crippen MR) is 84.1 cm³/mol. The first-order valence-electron chi connectivity index (χ1n) is 5.69. The number of hydrogen-bond donors (Lipinski definition) is 1. The zero-order valence-corrected chi connectivity index (χ0v) is 13.2. The molecule has 0 aliphatic carbocycles. The minimum atomic E-state index is -0.626. The molecule has 18 heavy (non-hydrogen) atoms. The van der Waals surface area contributed by atoms with E-state index in [1.165, 1.54) is 0 Å². The quantitative estimate of drug-likeness (QED) is 0.761. The first-order chi connectivity index (χ1) is 8.49. The SMILES string of the molecule is Cc1ccc(C)c(C(O)c2ccc(I)c(Cl)c2)c1. The molecule has 1 atom stereocenters. The molecule has 1 unspecified atom stereocenters. The van der Waals surface area contributed by atoms with E-state index in [0.717, 1.165) is 25.8 Å². The largest absolute Gasteiger partial charge is 0.384 e. The van der Waals surface area contributed by atoms with Crippen LogP contribution in [0, 0.1) is 17.4 Å². The van der Waals surface area contributed by atoms with Gasteiger partial charge in [0.25, 0.3) is 0 Å². The van der Waals surface area contributed by atoms with Crippen molar-refractivity contribution in [3.63, 3.8) is 0 Å². The van der Waals surface area contributed by atoms with Crippen molar-refractivity contribution >= 4 is 34.2 Å². The van der Waals surface area contributed by atoms with Gasteiger partial charge in [-0.3, -0.25) is 0 Å². The van der Waals surface area contributed by atoms with Crippen molar-refractivity contribution in [2.75, 3.05) is 0 Å². The second-order valence-corrected chi connectivity index (χ2v) is 6.01. The molecule has 0 aliphatic heterocycles. The Labute approximate surface area is 126 Å². The summed E-state index contributed by atoms with van der Waals surface area (Å²) in [6, 6.07) is 11.8. The Balaban J connectivity index is 2.44. The van der Waals surface area contributed by atoms with Gasteiger partial charge in [-0.15, -0.1) is 0 Å². The van der Waals surface area contributed by atoms with Crippen LogP contribution in [0.4, 0.5) is 0 Å². The lowest BCUT2D eigenvalue weighted by Crippen LogP contribution is -2.02. The van der Waals surface area contributed by atoms with E-state index in [1.54, 1.807) is 0 Å². The molecule has 94 valence electrons. The molecule has 1 N–H and O–H groups in total. The summed E-state index contributed by atoms with van der Waals surface area (Å²) in [6.45, 7) is 4.03. The standard InChI is InChI=1S/C15H14ClIO/c1-9-3-4-10(2)12(7-9)15(18)11-5-6-14(17)13(16)8-11/h3-8,15,18H,1-2H3. The number of aliphatic hydroxyl groups excluding tert-OH is 1. The number of rotatable bonds is 2. The van der Waals surface area contributed by atoms with Gasteiger partial charge < -0.3 is 5.11 Å². The van der Waals surface area contributed by atoms with Crippen LogP contribution in [0.15, 0.2) is 36.4 Å². The maximum Gasteiger partial charge on any atom is 0.104 e. The summed E-state index contributed by atoms with van der Waals surface area (Å²) in [7, 11) is 0. The zero-order valence-electron chi connectivity index (χ0n) is 10.2. The molecule has 0 aliphatic rings. The number of hydrogen-bond acceptors (Lipinski definition) is 1. The Bertz CT molecular complexity index is 581. The molecular formula is C15H14ClIO.